The Hall–Kier alpha value is -3.66. The van der Waals surface area contributed by atoms with E-state index >= 15 is 0 Å². The normalized spacial score (nSPS) is 10.7. The molecule has 0 unspecified atom stereocenters. The first-order valence-electron chi connectivity index (χ1n) is 8.74. The molecule has 1 N–H and O–H groups in total. The van der Waals surface area contributed by atoms with Gasteiger partial charge in [-0.2, -0.15) is 0 Å². The number of nitrogens with one attached hydrogen (secondary N) is 1. The van der Waals surface area contributed by atoms with Crippen molar-refractivity contribution in [1.29, 1.82) is 0 Å². The molecule has 1 aromatic heterocycles. The Kier molecular flexibility index (Phi) is 4.54. The lowest BCUT2D eigenvalue weighted by Gasteiger charge is -2.09. The maximum Gasteiger partial charge on any atom is 0.263 e. The van der Waals surface area contributed by atoms with Gasteiger partial charge in [-0.3, -0.25) is 9.59 Å². The van der Waals surface area contributed by atoms with Crippen LogP contribution in [-0.2, 0) is 6.54 Å². The van der Waals surface area contributed by atoms with Crippen LogP contribution in [0.15, 0.2) is 95.9 Å². The van der Waals surface area contributed by atoms with Crippen molar-refractivity contribution >= 4 is 22.4 Å². The standard InChI is InChI=1S/C23H18N2O2/c26-22(24-20-13-12-18-9-4-5-10-19(18)15-20)21-11-6-14-25(23(21)27)16-17-7-2-1-3-8-17/h1-15H,16H2,(H,24,26). The zero-order valence-corrected chi connectivity index (χ0v) is 14.6. The predicted octanol–water partition coefficient (Wildman–Crippen LogP) is 4.30. The van der Waals surface area contributed by atoms with Crippen molar-refractivity contribution < 1.29 is 4.79 Å². The SMILES string of the molecule is O=C(Nc1ccc2ccccc2c1)c1cccn(Cc2ccccc2)c1=O. The molecule has 27 heavy (non-hydrogen) atoms. The van der Waals surface area contributed by atoms with E-state index in [1.54, 1.807) is 22.9 Å². The molecule has 0 radical (unpaired) electrons. The molecule has 0 aliphatic rings. The van der Waals surface area contributed by atoms with Gasteiger partial charge in [0, 0.05) is 11.9 Å². The first kappa shape index (κ1) is 16.8. The minimum Gasteiger partial charge on any atom is -0.322 e. The molecule has 0 aliphatic heterocycles. The van der Waals surface area contributed by atoms with Crippen LogP contribution in [0.4, 0.5) is 5.69 Å². The Bertz CT molecular complexity index is 1160. The van der Waals surface area contributed by atoms with Crippen LogP contribution in [0.25, 0.3) is 10.8 Å². The minimum atomic E-state index is -0.405. The van der Waals surface area contributed by atoms with Gasteiger partial charge in [-0.25, -0.2) is 0 Å². The maximum atomic E-state index is 12.7. The van der Waals surface area contributed by atoms with Gasteiger partial charge in [-0.05, 0) is 40.6 Å². The second kappa shape index (κ2) is 7.30. The van der Waals surface area contributed by atoms with Gasteiger partial charge in [-0.15, -0.1) is 0 Å². The highest BCUT2D eigenvalue weighted by atomic mass is 16.2. The van der Waals surface area contributed by atoms with E-state index in [2.05, 4.69) is 5.32 Å². The smallest absolute Gasteiger partial charge is 0.263 e. The number of carbonyl (C=O) groups excluding carboxylic acids is 1. The highest BCUT2D eigenvalue weighted by Crippen LogP contribution is 2.19. The van der Waals surface area contributed by atoms with Gasteiger partial charge in [0.25, 0.3) is 11.5 Å². The van der Waals surface area contributed by atoms with Crippen molar-refractivity contribution in [3.63, 3.8) is 0 Å². The van der Waals surface area contributed by atoms with Crippen LogP contribution in [0, 0.1) is 0 Å². The van der Waals surface area contributed by atoms with E-state index in [-0.39, 0.29) is 11.1 Å². The number of benzene rings is 3. The van der Waals surface area contributed by atoms with Crippen LogP contribution < -0.4 is 10.9 Å². The van der Waals surface area contributed by atoms with Crippen molar-refractivity contribution in [2.75, 3.05) is 5.32 Å². The molecule has 0 saturated carbocycles. The van der Waals surface area contributed by atoms with Crippen LogP contribution >= 0.6 is 0 Å². The number of aromatic nitrogens is 1. The van der Waals surface area contributed by atoms with Gasteiger partial charge in [0.05, 0.1) is 6.54 Å². The highest BCUT2D eigenvalue weighted by Gasteiger charge is 2.13. The van der Waals surface area contributed by atoms with E-state index in [0.717, 1.165) is 16.3 Å². The molecule has 0 fully saturated rings. The number of pyridine rings is 1. The number of fused-ring (bicyclic) bond motifs is 1. The third kappa shape index (κ3) is 3.65. The second-order valence-electron chi connectivity index (χ2n) is 6.36. The Morgan fingerprint density at radius 2 is 1.56 bits per heavy atom. The van der Waals surface area contributed by atoms with Crippen molar-refractivity contribution in [1.82, 2.24) is 4.57 Å². The summed E-state index contributed by atoms with van der Waals surface area (Å²) < 4.78 is 1.55. The zero-order valence-electron chi connectivity index (χ0n) is 14.6. The Morgan fingerprint density at radius 1 is 0.815 bits per heavy atom. The average Bonchev–Trinajstić information content (AvgIpc) is 2.70. The lowest BCUT2D eigenvalue weighted by molar-refractivity contribution is 0.102. The molecule has 0 atom stereocenters. The fourth-order valence-electron chi connectivity index (χ4n) is 3.08. The Morgan fingerprint density at radius 3 is 2.37 bits per heavy atom. The van der Waals surface area contributed by atoms with E-state index < -0.39 is 5.91 Å². The summed E-state index contributed by atoms with van der Waals surface area (Å²) in [7, 11) is 0. The Balaban J connectivity index is 1.59. The molecule has 4 heteroatoms. The van der Waals surface area contributed by atoms with E-state index in [0.29, 0.717) is 12.2 Å². The lowest BCUT2D eigenvalue weighted by Crippen LogP contribution is -2.29. The van der Waals surface area contributed by atoms with Crippen LogP contribution in [-0.4, -0.2) is 10.5 Å². The summed E-state index contributed by atoms with van der Waals surface area (Å²) in [4.78, 5) is 25.4. The van der Waals surface area contributed by atoms with E-state index in [1.807, 2.05) is 72.8 Å². The third-order valence-corrected chi connectivity index (χ3v) is 4.47. The summed E-state index contributed by atoms with van der Waals surface area (Å²) in [6.07, 6.45) is 1.70. The highest BCUT2D eigenvalue weighted by molar-refractivity contribution is 6.05. The summed E-state index contributed by atoms with van der Waals surface area (Å²) in [6, 6.07) is 26.6. The van der Waals surface area contributed by atoms with Crippen molar-refractivity contribution in [3.05, 3.63) is 113 Å². The van der Waals surface area contributed by atoms with Gasteiger partial charge >= 0.3 is 0 Å². The Labute approximate surface area is 156 Å². The predicted molar refractivity (Wildman–Crippen MR) is 108 cm³/mol. The number of amides is 1. The molecule has 3 aromatic carbocycles. The topological polar surface area (TPSA) is 51.1 Å². The number of anilines is 1. The third-order valence-electron chi connectivity index (χ3n) is 4.47. The van der Waals surface area contributed by atoms with Crippen LogP contribution in [0.5, 0.6) is 0 Å². The number of hydrogen-bond acceptors (Lipinski definition) is 2. The van der Waals surface area contributed by atoms with Crippen molar-refractivity contribution in [2.45, 2.75) is 6.54 Å². The zero-order chi connectivity index (χ0) is 18.6. The van der Waals surface area contributed by atoms with Crippen LogP contribution in [0.1, 0.15) is 15.9 Å². The molecular weight excluding hydrogens is 336 g/mol. The number of hydrogen-bond donors (Lipinski definition) is 1. The lowest BCUT2D eigenvalue weighted by atomic mass is 10.1. The van der Waals surface area contributed by atoms with E-state index in [4.69, 9.17) is 0 Å². The molecule has 4 rings (SSSR count). The molecule has 1 amide bonds. The summed E-state index contributed by atoms with van der Waals surface area (Å²) in [5, 5.41) is 4.96. The van der Waals surface area contributed by atoms with Gasteiger partial charge in [-0.1, -0.05) is 60.7 Å². The quantitative estimate of drug-likeness (QED) is 0.594. The summed E-state index contributed by atoms with van der Waals surface area (Å²) in [5.74, 6) is -0.405. The first-order chi connectivity index (χ1) is 13.2. The number of nitrogens with zero attached hydrogens (tertiary/aromatic N) is 1. The summed E-state index contributed by atoms with van der Waals surface area (Å²) in [5.41, 5.74) is 1.49. The van der Waals surface area contributed by atoms with Crippen LogP contribution in [0.2, 0.25) is 0 Å². The van der Waals surface area contributed by atoms with Crippen molar-refractivity contribution in [2.24, 2.45) is 0 Å². The first-order valence-corrected chi connectivity index (χ1v) is 8.74. The van der Waals surface area contributed by atoms with E-state index in [9.17, 15) is 9.59 Å². The minimum absolute atomic E-state index is 0.126. The molecule has 4 aromatic rings. The average molecular weight is 354 g/mol. The molecule has 1 heterocycles. The summed E-state index contributed by atoms with van der Waals surface area (Å²) >= 11 is 0. The summed E-state index contributed by atoms with van der Waals surface area (Å²) in [6.45, 7) is 0.427. The maximum absolute atomic E-state index is 12.7. The number of carbonyl (C=O) groups is 1. The van der Waals surface area contributed by atoms with Crippen molar-refractivity contribution in [3.8, 4) is 0 Å². The van der Waals surface area contributed by atoms with Gasteiger partial charge < -0.3 is 9.88 Å². The van der Waals surface area contributed by atoms with Gasteiger partial charge in [0.15, 0.2) is 0 Å². The number of rotatable bonds is 4. The fourth-order valence-corrected chi connectivity index (χ4v) is 3.08. The molecule has 132 valence electrons. The molecular formula is C23H18N2O2. The largest absolute Gasteiger partial charge is 0.322 e. The fraction of sp³-hybridized carbons (Fsp3) is 0.0435. The van der Waals surface area contributed by atoms with Gasteiger partial charge in [0.1, 0.15) is 5.56 Å². The molecule has 0 bridgehead atoms. The van der Waals surface area contributed by atoms with E-state index in [1.165, 1.54) is 0 Å². The molecule has 0 saturated heterocycles. The van der Waals surface area contributed by atoms with Crippen LogP contribution in [0.3, 0.4) is 0 Å². The molecule has 0 aliphatic carbocycles. The second-order valence-corrected chi connectivity index (χ2v) is 6.36. The van der Waals surface area contributed by atoms with Gasteiger partial charge in [0.2, 0.25) is 0 Å². The molecule has 4 nitrogen and oxygen atoms in total. The molecule has 0 spiro atoms. The monoisotopic (exact) mass is 354 g/mol.